The van der Waals surface area contributed by atoms with Gasteiger partial charge >= 0.3 is 6.18 Å². The van der Waals surface area contributed by atoms with Crippen LogP contribution < -0.4 is 10.6 Å². The number of fused-ring (bicyclic) bond motifs is 1. The van der Waals surface area contributed by atoms with E-state index in [1.807, 2.05) is 10.6 Å². The maximum absolute atomic E-state index is 13.4. The maximum Gasteiger partial charge on any atom is 0.418 e. The van der Waals surface area contributed by atoms with Gasteiger partial charge in [0, 0.05) is 42.8 Å². The molecule has 1 aliphatic carbocycles. The van der Waals surface area contributed by atoms with E-state index in [2.05, 4.69) is 19.9 Å². The second kappa shape index (κ2) is 7.58. The first-order chi connectivity index (χ1) is 14.8. The van der Waals surface area contributed by atoms with Crippen molar-refractivity contribution in [1.82, 2.24) is 19.4 Å². The number of hydrogen-bond donors (Lipinski definition) is 1. The highest BCUT2D eigenvalue weighted by atomic mass is 32.2. The third-order valence-electron chi connectivity index (χ3n) is 6.56. The van der Waals surface area contributed by atoms with Crippen LogP contribution in [0.2, 0.25) is 0 Å². The predicted octanol–water partition coefficient (Wildman–Crippen LogP) is 5.04. The molecule has 10 heteroatoms. The van der Waals surface area contributed by atoms with Gasteiger partial charge in [-0.3, -0.25) is 4.40 Å². The predicted molar refractivity (Wildman–Crippen MR) is 113 cm³/mol. The van der Waals surface area contributed by atoms with E-state index >= 15 is 0 Å². The van der Waals surface area contributed by atoms with Crippen LogP contribution in [0.3, 0.4) is 0 Å². The van der Waals surface area contributed by atoms with Crippen LogP contribution in [0.25, 0.3) is 5.65 Å². The number of nitrogens with zero attached hydrogens (tertiary/aromatic N) is 5. The zero-order valence-corrected chi connectivity index (χ0v) is 17.7. The fourth-order valence-corrected chi connectivity index (χ4v) is 5.91. The molecule has 1 spiro atoms. The lowest BCUT2D eigenvalue weighted by Gasteiger charge is -2.39. The molecule has 3 aromatic heterocycles. The van der Waals surface area contributed by atoms with Gasteiger partial charge in [-0.2, -0.15) is 13.2 Å². The van der Waals surface area contributed by atoms with Crippen LogP contribution in [0, 0.1) is 5.41 Å². The molecule has 0 aromatic carbocycles. The van der Waals surface area contributed by atoms with E-state index in [0.29, 0.717) is 16.0 Å². The third kappa shape index (κ3) is 3.81. The van der Waals surface area contributed by atoms with Crippen LogP contribution in [0.4, 0.5) is 24.9 Å². The second-order valence-electron chi connectivity index (χ2n) is 8.44. The summed E-state index contributed by atoms with van der Waals surface area (Å²) in [6, 6.07) is 1.24. The Labute approximate surface area is 182 Å². The van der Waals surface area contributed by atoms with Crippen molar-refractivity contribution in [2.75, 3.05) is 23.7 Å². The van der Waals surface area contributed by atoms with Gasteiger partial charge in [0.1, 0.15) is 5.82 Å². The first-order valence-corrected chi connectivity index (χ1v) is 11.2. The van der Waals surface area contributed by atoms with Gasteiger partial charge in [-0.25, -0.2) is 15.0 Å². The monoisotopic (exact) mass is 448 g/mol. The summed E-state index contributed by atoms with van der Waals surface area (Å²) in [4.78, 5) is 15.4. The molecular weight excluding hydrogens is 425 g/mol. The van der Waals surface area contributed by atoms with Gasteiger partial charge in [0.25, 0.3) is 0 Å². The highest BCUT2D eigenvalue weighted by Gasteiger charge is 2.38. The summed E-state index contributed by atoms with van der Waals surface area (Å²) in [5.41, 5.74) is 5.91. The molecule has 5 rings (SSSR count). The second-order valence-corrected chi connectivity index (χ2v) is 9.53. The Balaban J connectivity index is 1.45. The number of imidazole rings is 1. The Morgan fingerprint density at radius 2 is 1.71 bits per heavy atom. The smallest absolute Gasteiger partial charge is 0.384 e. The van der Waals surface area contributed by atoms with Crippen molar-refractivity contribution in [3.8, 4) is 0 Å². The molecule has 0 amide bonds. The highest BCUT2D eigenvalue weighted by Crippen LogP contribution is 2.47. The minimum Gasteiger partial charge on any atom is -0.384 e. The van der Waals surface area contributed by atoms with E-state index in [1.165, 1.54) is 31.7 Å². The average Bonchev–Trinajstić information content (AvgIpc) is 3.39. The number of anilines is 2. The van der Waals surface area contributed by atoms with Crippen LogP contribution in [0.1, 0.15) is 44.1 Å². The minimum atomic E-state index is -4.52. The molecule has 0 unspecified atom stereocenters. The van der Waals surface area contributed by atoms with Gasteiger partial charge in [0.05, 0.1) is 10.5 Å². The summed E-state index contributed by atoms with van der Waals surface area (Å²) in [7, 11) is 0. The topological polar surface area (TPSA) is 72.3 Å². The van der Waals surface area contributed by atoms with E-state index in [0.717, 1.165) is 49.8 Å². The van der Waals surface area contributed by atoms with Gasteiger partial charge < -0.3 is 10.6 Å². The van der Waals surface area contributed by atoms with Crippen molar-refractivity contribution in [3.63, 3.8) is 0 Å². The van der Waals surface area contributed by atoms with E-state index in [9.17, 15) is 13.2 Å². The van der Waals surface area contributed by atoms with Gasteiger partial charge in [-0.15, -0.1) is 0 Å². The molecule has 6 nitrogen and oxygen atoms in total. The Bertz CT molecular complexity index is 1100. The van der Waals surface area contributed by atoms with Crippen molar-refractivity contribution in [3.05, 3.63) is 36.4 Å². The summed E-state index contributed by atoms with van der Waals surface area (Å²) in [5, 5.41) is 0. The summed E-state index contributed by atoms with van der Waals surface area (Å²) >= 11 is 0.956. The number of nitrogens with two attached hydrogens (primary N) is 1. The highest BCUT2D eigenvalue weighted by molar-refractivity contribution is 7.99. The SMILES string of the molecule is Nc1cc(Sc2cnc(N3CCC4(CCCC4)CC3)n3ccnc23)c(C(F)(F)F)cn1. The van der Waals surface area contributed by atoms with Crippen molar-refractivity contribution in [1.29, 1.82) is 0 Å². The lowest BCUT2D eigenvalue weighted by molar-refractivity contribution is -0.140. The number of rotatable bonds is 3. The molecule has 1 saturated heterocycles. The molecule has 1 aliphatic heterocycles. The number of halogens is 3. The van der Waals surface area contributed by atoms with Crippen molar-refractivity contribution < 1.29 is 13.2 Å². The Morgan fingerprint density at radius 3 is 2.42 bits per heavy atom. The van der Waals surface area contributed by atoms with Crippen LogP contribution in [0.5, 0.6) is 0 Å². The first kappa shape index (κ1) is 20.4. The molecule has 3 aromatic rings. The van der Waals surface area contributed by atoms with Crippen LogP contribution in [0.15, 0.2) is 40.6 Å². The molecule has 2 N–H and O–H groups in total. The molecule has 164 valence electrons. The number of hydrogen-bond acceptors (Lipinski definition) is 6. The summed E-state index contributed by atoms with van der Waals surface area (Å²) < 4.78 is 42.2. The van der Waals surface area contributed by atoms with Crippen molar-refractivity contribution in [2.45, 2.75) is 54.5 Å². The lowest BCUT2D eigenvalue weighted by atomic mass is 9.77. The van der Waals surface area contributed by atoms with Crippen molar-refractivity contribution >= 4 is 29.2 Å². The zero-order valence-electron chi connectivity index (χ0n) is 16.9. The minimum absolute atomic E-state index is 0.0133. The Kier molecular flexibility index (Phi) is 4.99. The molecule has 0 radical (unpaired) electrons. The van der Waals surface area contributed by atoms with Gasteiger partial charge in [0.2, 0.25) is 5.95 Å². The van der Waals surface area contributed by atoms with E-state index < -0.39 is 11.7 Å². The molecule has 2 aliphatic rings. The number of nitrogen functional groups attached to an aromatic ring is 1. The third-order valence-corrected chi connectivity index (χ3v) is 7.62. The van der Waals surface area contributed by atoms with E-state index in [4.69, 9.17) is 5.73 Å². The molecule has 0 bridgehead atoms. The number of aromatic nitrogens is 4. The Hall–Kier alpha value is -2.49. The van der Waals surface area contributed by atoms with Crippen LogP contribution in [-0.4, -0.2) is 32.4 Å². The summed E-state index contributed by atoms with van der Waals surface area (Å²) in [6.07, 6.45) is 8.94. The fraction of sp³-hybridized carbons (Fsp3) is 0.476. The van der Waals surface area contributed by atoms with Gasteiger partial charge in [-0.1, -0.05) is 24.6 Å². The zero-order chi connectivity index (χ0) is 21.6. The molecular formula is C21H23F3N6S. The van der Waals surface area contributed by atoms with Crippen molar-refractivity contribution in [2.24, 2.45) is 5.41 Å². The summed E-state index contributed by atoms with van der Waals surface area (Å²) in [6.45, 7) is 1.87. The van der Waals surface area contributed by atoms with E-state index in [-0.39, 0.29) is 10.7 Å². The molecule has 0 atom stereocenters. The number of alkyl halides is 3. The van der Waals surface area contributed by atoms with Gasteiger partial charge in [-0.05, 0) is 37.2 Å². The normalized spacial score (nSPS) is 18.9. The number of piperidine rings is 1. The first-order valence-electron chi connectivity index (χ1n) is 10.4. The quantitative estimate of drug-likeness (QED) is 0.605. The van der Waals surface area contributed by atoms with Crippen LogP contribution in [-0.2, 0) is 6.18 Å². The molecule has 2 fully saturated rings. The standard InChI is InChI=1S/C21H23F3N6S/c22-21(23,24)14-12-27-17(25)11-15(14)31-16-13-28-19(30-10-7-26-18(16)30)29-8-5-20(6-9-29)3-1-2-4-20/h7,10-13H,1-6,8-9H2,(H2,25,27). The fourth-order valence-electron chi connectivity index (χ4n) is 4.86. The summed E-state index contributed by atoms with van der Waals surface area (Å²) in [5.74, 6) is 0.823. The largest absolute Gasteiger partial charge is 0.418 e. The molecule has 31 heavy (non-hydrogen) atoms. The molecule has 4 heterocycles. The van der Waals surface area contributed by atoms with E-state index in [1.54, 1.807) is 12.4 Å². The Morgan fingerprint density at radius 1 is 0.968 bits per heavy atom. The van der Waals surface area contributed by atoms with Crippen LogP contribution >= 0.6 is 11.8 Å². The molecule has 1 saturated carbocycles. The number of pyridine rings is 1. The lowest BCUT2D eigenvalue weighted by Crippen LogP contribution is -2.40. The maximum atomic E-state index is 13.4. The average molecular weight is 449 g/mol. The van der Waals surface area contributed by atoms with Gasteiger partial charge in [0.15, 0.2) is 5.65 Å².